The Morgan fingerprint density at radius 2 is 2.64 bits per heavy atom. The number of nitrogens with zero attached hydrogens (tertiary/aromatic N) is 1. The standard InChI is InChI=1S/C6H8N2O2S/c1-2-10-6(9)5-7-3-4(11)8-5/h2-3H2,1H3,(H,7,8,11). The lowest BCUT2D eigenvalue weighted by molar-refractivity contribution is -0.135. The number of rotatable bonds is 2. The third kappa shape index (κ3) is 1.98. The van der Waals surface area contributed by atoms with Gasteiger partial charge >= 0.3 is 5.97 Å². The number of hydrogen-bond acceptors (Lipinski definition) is 4. The molecule has 1 heterocycles. The Labute approximate surface area is 69.6 Å². The first-order chi connectivity index (χ1) is 5.24. The lowest BCUT2D eigenvalue weighted by atomic mass is 10.6. The molecule has 0 unspecified atom stereocenters. The molecule has 0 amide bonds. The van der Waals surface area contributed by atoms with Crippen molar-refractivity contribution in [3.63, 3.8) is 0 Å². The van der Waals surface area contributed by atoms with Gasteiger partial charge in [0.15, 0.2) is 0 Å². The van der Waals surface area contributed by atoms with E-state index in [-0.39, 0.29) is 5.84 Å². The molecule has 1 rings (SSSR count). The van der Waals surface area contributed by atoms with E-state index in [9.17, 15) is 4.79 Å². The van der Waals surface area contributed by atoms with Crippen molar-refractivity contribution in [2.45, 2.75) is 6.92 Å². The number of nitrogens with one attached hydrogen (secondary N) is 1. The number of esters is 1. The van der Waals surface area contributed by atoms with Crippen molar-refractivity contribution in [2.75, 3.05) is 13.2 Å². The van der Waals surface area contributed by atoms with Gasteiger partial charge in [0.25, 0.3) is 0 Å². The molecule has 4 nitrogen and oxygen atoms in total. The highest BCUT2D eigenvalue weighted by atomic mass is 32.1. The molecule has 1 N–H and O–H groups in total. The molecule has 0 aliphatic carbocycles. The van der Waals surface area contributed by atoms with Crippen LogP contribution in [0.5, 0.6) is 0 Å². The number of hydrogen-bond donors (Lipinski definition) is 1. The summed E-state index contributed by atoms with van der Waals surface area (Å²) >= 11 is 4.77. The first kappa shape index (κ1) is 8.13. The zero-order valence-electron chi connectivity index (χ0n) is 6.09. The molecule has 0 aromatic heterocycles. The van der Waals surface area contributed by atoms with Crippen LogP contribution in [-0.2, 0) is 9.53 Å². The van der Waals surface area contributed by atoms with Gasteiger partial charge in [-0.05, 0) is 6.92 Å². The predicted octanol–water partition coefficient (Wildman–Crippen LogP) is -0.121. The molecule has 1 aliphatic heterocycles. The number of ether oxygens (including phenoxy) is 1. The molecule has 0 aromatic carbocycles. The van der Waals surface area contributed by atoms with E-state index in [1.807, 2.05) is 0 Å². The Hall–Kier alpha value is -0.970. The number of amidine groups is 1. The second-order valence-electron chi connectivity index (χ2n) is 1.93. The second-order valence-corrected chi connectivity index (χ2v) is 2.43. The van der Waals surface area contributed by atoms with Gasteiger partial charge < -0.3 is 10.1 Å². The van der Waals surface area contributed by atoms with Gasteiger partial charge in [0.05, 0.1) is 13.2 Å². The normalized spacial score (nSPS) is 15.7. The summed E-state index contributed by atoms with van der Waals surface area (Å²) < 4.78 is 4.68. The van der Waals surface area contributed by atoms with Crippen molar-refractivity contribution >= 4 is 29.0 Å². The van der Waals surface area contributed by atoms with Crippen LogP contribution in [0.1, 0.15) is 6.92 Å². The summed E-state index contributed by atoms with van der Waals surface area (Å²) in [6.45, 7) is 2.49. The van der Waals surface area contributed by atoms with Gasteiger partial charge in [-0.3, -0.25) is 4.99 Å². The maximum absolute atomic E-state index is 10.9. The van der Waals surface area contributed by atoms with Gasteiger partial charge in [-0.2, -0.15) is 0 Å². The fraction of sp³-hybridized carbons (Fsp3) is 0.500. The Balaban J connectivity index is 2.49. The molecule has 1 aliphatic rings. The average Bonchev–Trinajstić information content (AvgIpc) is 2.36. The van der Waals surface area contributed by atoms with Crippen LogP contribution < -0.4 is 5.32 Å². The molecule has 11 heavy (non-hydrogen) atoms. The van der Waals surface area contributed by atoms with E-state index in [4.69, 9.17) is 12.2 Å². The summed E-state index contributed by atoms with van der Waals surface area (Å²) in [5.41, 5.74) is 0. The topological polar surface area (TPSA) is 50.7 Å². The molecular weight excluding hydrogens is 164 g/mol. The fourth-order valence-electron chi connectivity index (χ4n) is 0.677. The molecule has 60 valence electrons. The summed E-state index contributed by atoms with van der Waals surface area (Å²) in [6, 6.07) is 0. The molecule has 0 spiro atoms. The zero-order chi connectivity index (χ0) is 8.27. The van der Waals surface area contributed by atoms with Crippen LogP contribution in [0.15, 0.2) is 4.99 Å². The highest BCUT2D eigenvalue weighted by molar-refractivity contribution is 7.80. The number of thiocarbonyl (C=S) groups is 1. The summed E-state index contributed by atoms with van der Waals surface area (Å²) in [6.07, 6.45) is 0. The van der Waals surface area contributed by atoms with Crippen molar-refractivity contribution in [3.8, 4) is 0 Å². The van der Waals surface area contributed by atoms with E-state index in [0.717, 1.165) is 0 Å². The molecular formula is C6H8N2O2S. The molecule has 0 bridgehead atoms. The van der Waals surface area contributed by atoms with Crippen LogP contribution in [0.3, 0.4) is 0 Å². The van der Waals surface area contributed by atoms with Crippen molar-refractivity contribution in [1.82, 2.24) is 5.32 Å². The van der Waals surface area contributed by atoms with E-state index in [2.05, 4.69) is 15.0 Å². The van der Waals surface area contributed by atoms with Gasteiger partial charge in [-0.15, -0.1) is 0 Å². The molecule has 0 saturated heterocycles. The molecule has 0 radical (unpaired) electrons. The minimum absolute atomic E-state index is 0.219. The van der Waals surface area contributed by atoms with Crippen molar-refractivity contribution in [2.24, 2.45) is 4.99 Å². The van der Waals surface area contributed by atoms with E-state index in [1.165, 1.54) is 0 Å². The Kier molecular flexibility index (Phi) is 2.53. The summed E-state index contributed by atoms with van der Waals surface area (Å²) in [5.74, 6) is -0.218. The van der Waals surface area contributed by atoms with Crippen molar-refractivity contribution < 1.29 is 9.53 Å². The zero-order valence-corrected chi connectivity index (χ0v) is 6.90. The SMILES string of the molecule is CCOC(=O)C1=NCC(=S)N1. The minimum Gasteiger partial charge on any atom is -0.460 e. The second kappa shape index (κ2) is 3.43. The van der Waals surface area contributed by atoms with E-state index in [0.29, 0.717) is 18.1 Å². The maximum atomic E-state index is 10.9. The lowest BCUT2D eigenvalue weighted by Crippen LogP contribution is -2.31. The number of carbonyl (C=O) groups is 1. The molecule has 0 saturated carbocycles. The van der Waals surface area contributed by atoms with Gasteiger partial charge in [0, 0.05) is 0 Å². The molecule has 0 atom stereocenters. The average molecular weight is 172 g/mol. The smallest absolute Gasteiger partial charge is 0.373 e. The highest BCUT2D eigenvalue weighted by Crippen LogP contribution is 1.91. The van der Waals surface area contributed by atoms with Gasteiger partial charge in [-0.1, -0.05) is 12.2 Å². The van der Waals surface area contributed by atoms with Crippen LogP contribution in [-0.4, -0.2) is 29.9 Å². The summed E-state index contributed by atoms with van der Waals surface area (Å²) in [4.78, 5) is 15.3. The Morgan fingerprint density at radius 1 is 1.91 bits per heavy atom. The monoisotopic (exact) mass is 172 g/mol. The van der Waals surface area contributed by atoms with Crippen molar-refractivity contribution in [1.29, 1.82) is 0 Å². The van der Waals surface area contributed by atoms with Crippen LogP contribution in [0.4, 0.5) is 0 Å². The van der Waals surface area contributed by atoms with E-state index >= 15 is 0 Å². The van der Waals surface area contributed by atoms with Crippen molar-refractivity contribution in [3.05, 3.63) is 0 Å². The van der Waals surface area contributed by atoms with E-state index < -0.39 is 5.97 Å². The van der Waals surface area contributed by atoms with Crippen LogP contribution in [0.2, 0.25) is 0 Å². The lowest BCUT2D eigenvalue weighted by Gasteiger charge is -2.00. The Bertz CT molecular complexity index is 225. The first-order valence-corrected chi connectivity index (χ1v) is 3.66. The third-order valence-corrected chi connectivity index (χ3v) is 1.34. The number of aliphatic imine (C=N–C) groups is 1. The molecule has 0 aromatic rings. The number of carbonyl (C=O) groups excluding carboxylic acids is 1. The molecule has 5 heteroatoms. The maximum Gasteiger partial charge on any atom is 0.373 e. The fourth-order valence-corrected chi connectivity index (χ4v) is 0.838. The third-order valence-electron chi connectivity index (χ3n) is 1.11. The molecule has 0 fully saturated rings. The van der Waals surface area contributed by atoms with Crippen LogP contribution in [0, 0.1) is 0 Å². The van der Waals surface area contributed by atoms with E-state index in [1.54, 1.807) is 6.92 Å². The quantitative estimate of drug-likeness (QED) is 0.466. The first-order valence-electron chi connectivity index (χ1n) is 3.25. The van der Waals surface area contributed by atoms with Crippen LogP contribution in [0.25, 0.3) is 0 Å². The largest absolute Gasteiger partial charge is 0.460 e. The van der Waals surface area contributed by atoms with Gasteiger partial charge in [0.2, 0.25) is 5.84 Å². The Morgan fingerprint density at radius 3 is 3.09 bits per heavy atom. The van der Waals surface area contributed by atoms with Crippen LogP contribution >= 0.6 is 12.2 Å². The van der Waals surface area contributed by atoms with Gasteiger partial charge in [0.1, 0.15) is 4.99 Å². The highest BCUT2D eigenvalue weighted by Gasteiger charge is 2.18. The summed E-state index contributed by atoms with van der Waals surface area (Å²) in [5, 5.41) is 2.65. The van der Waals surface area contributed by atoms with Gasteiger partial charge in [-0.25, -0.2) is 4.79 Å². The summed E-state index contributed by atoms with van der Waals surface area (Å²) in [7, 11) is 0. The minimum atomic E-state index is -0.438. The predicted molar refractivity (Wildman–Crippen MR) is 44.7 cm³/mol.